The molecular formula is C12H11F6NO3. The van der Waals surface area contributed by atoms with Gasteiger partial charge in [0, 0.05) is 0 Å². The molecule has 124 valence electrons. The van der Waals surface area contributed by atoms with Crippen LogP contribution in [-0.2, 0) is 9.53 Å². The zero-order valence-corrected chi connectivity index (χ0v) is 10.9. The average Bonchev–Trinajstić information content (AvgIpc) is 2.40. The fourth-order valence-corrected chi connectivity index (χ4v) is 1.51. The minimum Gasteiger partial charge on any atom is -0.394 e. The van der Waals surface area contributed by atoms with Crippen molar-refractivity contribution >= 4 is 5.91 Å². The lowest BCUT2D eigenvalue weighted by Crippen LogP contribution is -2.34. The fourth-order valence-electron chi connectivity index (χ4n) is 1.51. The molecule has 0 spiro atoms. The van der Waals surface area contributed by atoms with E-state index in [0.717, 1.165) is 0 Å². The molecule has 1 aromatic carbocycles. The molecule has 0 fully saturated rings. The van der Waals surface area contributed by atoms with Crippen molar-refractivity contribution in [2.24, 2.45) is 0 Å². The van der Waals surface area contributed by atoms with Crippen molar-refractivity contribution in [2.75, 3.05) is 19.8 Å². The third kappa shape index (κ3) is 5.53. The van der Waals surface area contributed by atoms with E-state index in [4.69, 9.17) is 5.11 Å². The number of hydrogen-bond acceptors (Lipinski definition) is 3. The van der Waals surface area contributed by atoms with Gasteiger partial charge in [-0.15, -0.1) is 0 Å². The highest BCUT2D eigenvalue weighted by molar-refractivity contribution is 5.77. The second kappa shape index (κ2) is 7.45. The molecule has 1 amide bonds. The smallest absolute Gasteiger partial charge is 0.394 e. The maximum Gasteiger partial charge on any atom is 0.411 e. The first kappa shape index (κ1) is 18.2. The van der Waals surface area contributed by atoms with Crippen molar-refractivity contribution in [1.29, 1.82) is 0 Å². The molecule has 1 unspecified atom stereocenters. The molecule has 1 atom stereocenters. The SMILES string of the molecule is O=C(COCC(F)(F)F)NC(CO)c1cc(F)c(F)c(F)c1. The molecule has 0 aliphatic rings. The van der Waals surface area contributed by atoms with Gasteiger partial charge in [0.05, 0.1) is 12.6 Å². The van der Waals surface area contributed by atoms with Crippen molar-refractivity contribution in [3.63, 3.8) is 0 Å². The zero-order chi connectivity index (χ0) is 16.9. The molecular weight excluding hydrogens is 320 g/mol. The molecule has 0 aliphatic carbocycles. The number of ether oxygens (including phenoxy) is 1. The summed E-state index contributed by atoms with van der Waals surface area (Å²) < 4.78 is 78.4. The lowest BCUT2D eigenvalue weighted by molar-refractivity contribution is -0.175. The van der Waals surface area contributed by atoms with Gasteiger partial charge < -0.3 is 15.2 Å². The number of halogens is 6. The van der Waals surface area contributed by atoms with E-state index in [9.17, 15) is 31.1 Å². The second-order valence-electron chi connectivity index (χ2n) is 4.21. The van der Waals surface area contributed by atoms with Crippen molar-refractivity contribution < 1.29 is 41.0 Å². The molecule has 1 rings (SSSR count). The summed E-state index contributed by atoms with van der Waals surface area (Å²) in [5, 5.41) is 11.1. The Morgan fingerprint density at radius 1 is 1.23 bits per heavy atom. The van der Waals surface area contributed by atoms with Gasteiger partial charge in [0.2, 0.25) is 5.91 Å². The Balaban J connectivity index is 2.67. The Bertz CT molecular complexity index is 511. The normalized spacial score (nSPS) is 13.0. The molecule has 0 aromatic heterocycles. The van der Waals surface area contributed by atoms with Crippen LogP contribution in [0.1, 0.15) is 11.6 Å². The summed E-state index contributed by atoms with van der Waals surface area (Å²) in [5.41, 5.74) is -0.289. The maximum absolute atomic E-state index is 13.0. The quantitative estimate of drug-likeness (QED) is 0.618. The average molecular weight is 331 g/mol. The highest BCUT2D eigenvalue weighted by atomic mass is 19.4. The Labute approximate surface area is 120 Å². The van der Waals surface area contributed by atoms with Crippen LogP contribution in [0.25, 0.3) is 0 Å². The van der Waals surface area contributed by atoms with Crippen LogP contribution in [0.4, 0.5) is 26.3 Å². The standard InChI is InChI=1S/C12H11F6NO3/c13-7-1-6(2-8(14)11(7)15)9(3-20)19-10(21)4-22-5-12(16,17)18/h1-2,9,20H,3-5H2,(H,19,21). The molecule has 1 aromatic rings. The Morgan fingerprint density at radius 3 is 2.23 bits per heavy atom. The van der Waals surface area contributed by atoms with Gasteiger partial charge >= 0.3 is 6.18 Å². The molecule has 10 heteroatoms. The van der Waals surface area contributed by atoms with Crippen molar-refractivity contribution in [2.45, 2.75) is 12.2 Å². The minimum atomic E-state index is -4.61. The number of rotatable bonds is 6. The van der Waals surface area contributed by atoms with Gasteiger partial charge in [0.15, 0.2) is 17.5 Å². The molecule has 2 N–H and O–H groups in total. The lowest BCUT2D eigenvalue weighted by atomic mass is 10.1. The minimum absolute atomic E-state index is 0.289. The molecule has 0 saturated carbocycles. The van der Waals surface area contributed by atoms with E-state index < -0.39 is 55.4 Å². The molecule has 0 radical (unpaired) electrons. The van der Waals surface area contributed by atoms with Gasteiger partial charge in [-0.1, -0.05) is 0 Å². The van der Waals surface area contributed by atoms with Gasteiger partial charge in [0.25, 0.3) is 0 Å². The Hall–Kier alpha value is -1.81. The van der Waals surface area contributed by atoms with Crippen LogP contribution in [0, 0.1) is 17.5 Å². The first-order chi connectivity index (χ1) is 10.1. The Morgan fingerprint density at radius 2 is 1.77 bits per heavy atom. The van der Waals surface area contributed by atoms with Crippen molar-refractivity contribution in [1.82, 2.24) is 5.32 Å². The fraction of sp³-hybridized carbons (Fsp3) is 0.417. The summed E-state index contributed by atoms with van der Waals surface area (Å²) in [4.78, 5) is 11.3. The zero-order valence-electron chi connectivity index (χ0n) is 10.9. The number of nitrogens with one attached hydrogen (secondary N) is 1. The summed E-state index contributed by atoms with van der Waals surface area (Å²) in [5.74, 6) is -5.83. The van der Waals surface area contributed by atoms with Crippen LogP contribution < -0.4 is 5.32 Å². The van der Waals surface area contributed by atoms with Gasteiger partial charge in [-0.2, -0.15) is 13.2 Å². The van der Waals surface area contributed by atoms with Gasteiger partial charge in [-0.3, -0.25) is 4.79 Å². The van der Waals surface area contributed by atoms with Gasteiger partial charge in [-0.25, -0.2) is 13.2 Å². The predicted octanol–water partition coefficient (Wildman–Crippen LogP) is 1.83. The summed E-state index contributed by atoms with van der Waals surface area (Å²) >= 11 is 0. The molecule has 0 saturated heterocycles. The van der Waals surface area contributed by atoms with Crippen LogP contribution in [0.2, 0.25) is 0 Å². The molecule has 0 heterocycles. The van der Waals surface area contributed by atoms with E-state index in [0.29, 0.717) is 12.1 Å². The second-order valence-corrected chi connectivity index (χ2v) is 4.21. The number of aliphatic hydroxyl groups is 1. The summed E-state index contributed by atoms with van der Waals surface area (Å²) in [6.07, 6.45) is -4.61. The first-order valence-electron chi connectivity index (χ1n) is 5.83. The molecule has 4 nitrogen and oxygen atoms in total. The number of benzene rings is 1. The summed E-state index contributed by atoms with van der Waals surface area (Å²) in [6, 6.07) is -0.224. The van der Waals surface area contributed by atoms with E-state index in [-0.39, 0.29) is 5.56 Å². The third-order valence-electron chi connectivity index (χ3n) is 2.43. The van der Waals surface area contributed by atoms with Crippen LogP contribution in [0.3, 0.4) is 0 Å². The van der Waals surface area contributed by atoms with Crippen molar-refractivity contribution in [3.8, 4) is 0 Å². The van der Waals surface area contributed by atoms with Crippen LogP contribution in [-0.4, -0.2) is 37.0 Å². The highest BCUT2D eigenvalue weighted by Gasteiger charge is 2.28. The van der Waals surface area contributed by atoms with Gasteiger partial charge in [0.1, 0.15) is 13.2 Å². The number of hydrogen-bond donors (Lipinski definition) is 2. The Kier molecular flexibility index (Phi) is 6.18. The summed E-state index contributed by atoms with van der Waals surface area (Å²) in [6.45, 7) is -3.43. The van der Waals surface area contributed by atoms with E-state index in [1.807, 2.05) is 5.32 Å². The molecule has 0 aliphatic heterocycles. The first-order valence-corrected chi connectivity index (χ1v) is 5.83. The molecule has 22 heavy (non-hydrogen) atoms. The lowest BCUT2D eigenvalue weighted by Gasteiger charge is -2.17. The van der Waals surface area contributed by atoms with E-state index in [2.05, 4.69) is 4.74 Å². The predicted molar refractivity (Wildman–Crippen MR) is 61.2 cm³/mol. The van der Waals surface area contributed by atoms with Gasteiger partial charge in [-0.05, 0) is 17.7 Å². The van der Waals surface area contributed by atoms with Crippen molar-refractivity contribution in [3.05, 3.63) is 35.1 Å². The largest absolute Gasteiger partial charge is 0.411 e. The monoisotopic (exact) mass is 331 g/mol. The number of alkyl halides is 3. The number of aliphatic hydroxyl groups excluding tert-OH is 1. The van der Waals surface area contributed by atoms with E-state index in [1.165, 1.54) is 0 Å². The summed E-state index contributed by atoms with van der Waals surface area (Å²) in [7, 11) is 0. The number of carbonyl (C=O) groups excluding carboxylic acids is 1. The van der Waals surface area contributed by atoms with E-state index >= 15 is 0 Å². The van der Waals surface area contributed by atoms with E-state index in [1.54, 1.807) is 0 Å². The van der Waals surface area contributed by atoms with Crippen LogP contribution in [0.5, 0.6) is 0 Å². The highest BCUT2D eigenvalue weighted by Crippen LogP contribution is 2.19. The topological polar surface area (TPSA) is 58.6 Å². The maximum atomic E-state index is 13.0. The number of amides is 1. The number of carbonyl (C=O) groups is 1. The molecule has 0 bridgehead atoms. The van der Waals surface area contributed by atoms with Crippen LogP contribution >= 0.6 is 0 Å². The van der Waals surface area contributed by atoms with Crippen LogP contribution in [0.15, 0.2) is 12.1 Å². The third-order valence-corrected chi connectivity index (χ3v) is 2.43.